The van der Waals surface area contributed by atoms with Crippen molar-refractivity contribution in [3.63, 3.8) is 0 Å². The van der Waals surface area contributed by atoms with Crippen LogP contribution >= 0.6 is 15.9 Å². The van der Waals surface area contributed by atoms with E-state index >= 15 is 0 Å². The van der Waals surface area contributed by atoms with Crippen LogP contribution in [0.1, 0.15) is 12.5 Å². The highest BCUT2D eigenvalue weighted by atomic mass is 79.9. The summed E-state index contributed by atoms with van der Waals surface area (Å²) in [7, 11) is -2.99. The second kappa shape index (κ2) is 5.61. The molecule has 0 saturated carbocycles. The number of sulfone groups is 1. The fourth-order valence-corrected chi connectivity index (χ4v) is 4.27. The molecule has 1 saturated heterocycles. The third-order valence-corrected chi connectivity index (χ3v) is 5.61. The Morgan fingerprint density at radius 2 is 2.25 bits per heavy atom. The summed E-state index contributed by atoms with van der Waals surface area (Å²) in [6, 6.07) is 5.22. The molecule has 1 atom stereocenters. The standard InChI is InChI=1S/C12H16BrN3O3S/c1-8-7-20(18,19)5-4-16(8)11-6-9(13)2-3-10(11)12(14)15-17/h2-3,6,8,17H,4-5,7H2,1H3,(H2,14,15). The SMILES string of the molecule is CC1CS(=O)(=O)CCN1c1cc(Br)ccc1/C(N)=N/O. The molecule has 1 aliphatic heterocycles. The van der Waals surface area contributed by atoms with E-state index in [1.807, 2.05) is 17.9 Å². The van der Waals surface area contributed by atoms with Crippen molar-refractivity contribution < 1.29 is 13.6 Å². The molecule has 8 heteroatoms. The molecular weight excluding hydrogens is 346 g/mol. The van der Waals surface area contributed by atoms with Crippen LogP contribution in [0.25, 0.3) is 0 Å². The van der Waals surface area contributed by atoms with Gasteiger partial charge in [-0.2, -0.15) is 0 Å². The van der Waals surface area contributed by atoms with Crippen molar-refractivity contribution in [3.05, 3.63) is 28.2 Å². The van der Waals surface area contributed by atoms with Gasteiger partial charge in [-0.25, -0.2) is 8.42 Å². The summed E-state index contributed by atoms with van der Waals surface area (Å²) in [6.07, 6.45) is 0. The minimum Gasteiger partial charge on any atom is -0.409 e. The molecule has 6 nitrogen and oxygen atoms in total. The normalized spacial score (nSPS) is 22.8. The second-order valence-corrected chi connectivity index (χ2v) is 7.95. The lowest BCUT2D eigenvalue weighted by Gasteiger charge is -2.36. The Morgan fingerprint density at radius 1 is 1.55 bits per heavy atom. The van der Waals surface area contributed by atoms with E-state index in [1.54, 1.807) is 12.1 Å². The molecule has 1 unspecified atom stereocenters. The van der Waals surface area contributed by atoms with Crippen LogP contribution < -0.4 is 10.6 Å². The molecule has 2 rings (SSSR count). The van der Waals surface area contributed by atoms with Gasteiger partial charge in [-0.15, -0.1) is 0 Å². The number of hydrogen-bond acceptors (Lipinski definition) is 5. The van der Waals surface area contributed by atoms with Gasteiger partial charge in [-0.05, 0) is 25.1 Å². The number of benzene rings is 1. The molecule has 0 aromatic heterocycles. The number of rotatable bonds is 2. The molecule has 1 aromatic carbocycles. The third kappa shape index (κ3) is 3.06. The number of anilines is 1. The summed E-state index contributed by atoms with van der Waals surface area (Å²) < 4.78 is 24.2. The molecule has 1 aliphatic rings. The van der Waals surface area contributed by atoms with Crippen LogP contribution in [0.3, 0.4) is 0 Å². The monoisotopic (exact) mass is 361 g/mol. The lowest BCUT2D eigenvalue weighted by Crippen LogP contribution is -2.47. The quantitative estimate of drug-likeness (QED) is 0.356. The fraction of sp³-hybridized carbons (Fsp3) is 0.417. The molecule has 1 fully saturated rings. The van der Waals surface area contributed by atoms with Crippen LogP contribution in [-0.4, -0.2) is 43.6 Å². The van der Waals surface area contributed by atoms with Crippen LogP contribution in [0.5, 0.6) is 0 Å². The topological polar surface area (TPSA) is 96.0 Å². The zero-order valence-corrected chi connectivity index (χ0v) is 13.4. The summed E-state index contributed by atoms with van der Waals surface area (Å²) >= 11 is 3.39. The van der Waals surface area contributed by atoms with E-state index in [1.165, 1.54) is 0 Å². The first-order valence-corrected chi connectivity index (χ1v) is 8.70. The molecule has 1 heterocycles. The van der Waals surface area contributed by atoms with E-state index in [-0.39, 0.29) is 23.4 Å². The van der Waals surface area contributed by atoms with Gasteiger partial charge in [0.1, 0.15) is 0 Å². The van der Waals surface area contributed by atoms with Crippen molar-refractivity contribution in [1.82, 2.24) is 0 Å². The molecule has 20 heavy (non-hydrogen) atoms. The minimum absolute atomic E-state index is 0.00753. The molecule has 3 N–H and O–H groups in total. The average molecular weight is 362 g/mol. The number of halogens is 1. The molecule has 0 radical (unpaired) electrons. The number of oxime groups is 1. The van der Waals surface area contributed by atoms with Crippen LogP contribution in [0.4, 0.5) is 5.69 Å². The molecule has 0 spiro atoms. The first kappa shape index (κ1) is 15.1. The molecule has 0 bridgehead atoms. The average Bonchev–Trinajstić information content (AvgIpc) is 2.36. The minimum atomic E-state index is -2.99. The second-order valence-electron chi connectivity index (χ2n) is 4.80. The van der Waals surface area contributed by atoms with E-state index in [0.717, 1.165) is 10.2 Å². The van der Waals surface area contributed by atoms with Gasteiger partial charge in [-0.3, -0.25) is 0 Å². The number of hydrogen-bond donors (Lipinski definition) is 2. The Labute approximate surface area is 126 Å². The first-order chi connectivity index (χ1) is 9.34. The zero-order valence-electron chi connectivity index (χ0n) is 11.0. The van der Waals surface area contributed by atoms with Gasteiger partial charge in [-0.1, -0.05) is 21.1 Å². The highest BCUT2D eigenvalue weighted by Crippen LogP contribution is 2.28. The van der Waals surface area contributed by atoms with Crippen LogP contribution in [0, 0.1) is 0 Å². The highest BCUT2D eigenvalue weighted by Gasteiger charge is 2.30. The fourth-order valence-electron chi connectivity index (χ4n) is 2.37. The summed E-state index contributed by atoms with van der Waals surface area (Å²) in [5, 5.41) is 11.9. The first-order valence-electron chi connectivity index (χ1n) is 6.08. The number of amidine groups is 1. The number of nitrogens with zero attached hydrogens (tertiary/aromatic N) is 2. The Morgan fingerprint density at radius 3 is 2.85 bits per heavy atom. The lowest BCUT2D eigenvalue weighted by molar-refractivity contribution is 0.318. The Kier molecular flexibility index (Phi) is 4.24. The van der Waals surface area contributed by atoms with Crippen LogP contribution in [-0.2, 0) is 9.84 Å². The van der Waals surface area contributed by atoms with E-state index in [4.69, 9.17) is 10.9 Å². The Balaban J connectivity index is 2.44. The Bertz CT molecular complexity index is 645. The number of nitrogens with two attached hydrogens (primary N) is 1. The van der Waals surface area contributed by atoms with E-state index in [2.05, 4.69) is 21.1 Å². The van der Waals surface area contributed by atoms with Gasteiger partial charge in [0.05, 0.1) is 11.5 Å². The van der Waals surface area contributed by atoms with Gasteiger partial charge < -0.3 is 15.8 Å². The van der Waals surface area contributed by atoms with Crippen molar-refractivity contribution in [3.8, 4) is 0 Å². The summed E-state index contributed by atoms with van der Waals surface area (Å²) in [5.41, 5.74) is 7.04. The lowest BCUT2D eigenvalue weighted by atomic mass is 10.1. The van der Waals surface area contributed by atoms with Crippen molar-refractivity contribution in [1.29, 1.82) is 0 Å². The van der Waals surface area contributed by atoms with Gasteiger partial charge in [0.15, 0.2) is 15.7 Å². The molecule has 0 amide bonds. The smallest absolute Gasteiger partial charge is 0.172 e. The van der Waals surface area contributed by atoms with Gasteiger partial charge in [0, 0.05) is 28.3 Å². The predicted molar refractivity (Wildman–Crippen MR) is 82.1 cm³/mol. The molecular formula is C12H16BrN3O3S. The molecule has 0 aliphatic carbocycles. The third-order valence-electron chi connectivity index (χ3n) is 3.32. The summed E-state index contributed by atoms with van der Waals surface area (Å²) in [6.45, 7) is 2.25. The molecule has 110 valence electrons. The maximum absolute atomic E-state index is 11.7. The van der Waals surface area contributed by atoms with Gasteiger partial charge in [0.25, 0.3) is 0 Å². The van der Waals surface area contributed by atoms with Gasteiger partial charge >= 0.3 is 0 Å². The van der Waals surface area contributed by atoms with Crippen molar-refractivity contribution in [2.75, 3.05) is 23.0 Å². The summed E-state index contributed by atoms with van der Waals surface area (Å²) in [4.78, 5) is 1.97. The largest absolute Gasteiger partial charge is 0.409 e. The van der Waals surface area contributed by atoms with Crippen molar-refractivity contribution >= 4 is 37.3 Å². The maximum Gasteiger partial charge on any atom is 0.172 e. The Hall–Kier alpha value is -1.28. The van der Waals surface area contributed by atoms with Crippen molar-refractivity contribution in [2.45, 2.75) is 13.0 Å². The van der Waals surface area contributed by atoms with E-state index in [0.29, 0.717) is 12.1 Å². The van der Waals surface area contributed by atoms with Gasteiger partial charge in [0.2, 0.25) is 0 Å². The van der Waals surface area contributed by atoms with E-state index < -0.39 is 9.84 Å². The maximum atomic E-state index is 11.7. The highest BCUT2D eigenvalue weighted by molar-refractivity contribution is 9.10. The van der Waals surface area contributed by atoms with E-state index in [9.17, 15) is 8.42 Å². The van der Waals surface area contributed by atoms with Crippen molar-refractivity contribution in [2.24, 2.45) is 10.9 Å². The molecule has 1 aromatic rings. The zero-order chi connectivity index (χ0) is 14.9. The van der Waals surface area contributed by atoms with Crippen LogP contribution in [0.2, 0.25) is 0 Å². The summed E-state index contributed by atoms with van der Waals surface area (Å²) in [5.74, 6) is 0.224. The van der Waals surface area contributed by atoms with Crippen LogP contribution in [0.15, 0.2) is 27.8 Å². The predicted octanol–water partition coefficient (Wildman–Crippen LogP) is 1.17.